The molecule has 21 heavy (non-hydrogen) atoms. The number of aryl methyl sites for hydroxylation is 1. The Kier molecular flexibility index (Phi) is 4.42. The van der Waals surface area contributed by atoms with Gasteiger partial charge in [0.15, 0.2) is 9.84 Å². The molecule has 9 nitrogen and oxygen atoms in total. The molecule has 2 amide bonds. The third-order valence-corrected chi connectivity index (χ3v) is 5.46. The van der Waals surface area contributed by atoms with Gasteiger partial charge in [-0.25, -0.2) is 13.2 Å². The summed E-state index contributed by atoms with van der Waals surface area (Å²) in [5, 5.41) is 19.7. The van der Waals surface area contributed by atoms with Crippen LogP contribution in [0, 0.1) is 6.92 Å². The van der Waals surface area contributed by atoms with E-state index >= 15 is 0 Å². The van der Waals surface area contributed by atoms with Crippen LogP contribution in [-0.4, -0.2) is 64.7 Å². The number of carbonyl (C=O) groups is 2. The van der Waals surface area contributed by atoms with Crippen LogP contribution >= 0.6 is 11.3 Å². The normalized spacial score (nSPS) is 20.1. The summed E-state index contributed by atoms with van der Waals surface area (Å²) >= 11 is 1.15. The summed E-state index contributed by atoms with van der Waals surface area (Å²) in [6.07, 6.45) is 0.234. The van der Waals surface area contributed by atoms with Crippen molar-refractivity contribution in [3.8, 4) is 0 Å². The van der Waals surface area contributed by atoms with Gasteiger partial charge in [-0.1, -0.05) is 11.3 Å². The molecule has 0 aromatic carbocycles. The van der Waals surface area contributed by atoms with E-state index in [2.05, 4.69) is 15.5 Å². The van der Waals surface area contributed by atoms with Gasteiger partial charge in [0.2, 0.25) is 5.13 Å². The summed E-state index contributed by atoms with van der Waals surface area (Å²) in [5.41, 5.74) is 0. The quantitative estimate of drug-likeness (QED) is 0.789. The van der Waals surface area contributed by atoms with Crippen LogP contribution < -0.4 is 5.32 Å². The zero-order valence-electron chi connectivity index (χ0n) is 11.1. The Morgan fingerprint density at radius 3 is 2.67 bits per heavy atom. The van der Waals surface area contributed by atoms with Crippen LogP contribution in [0.25, 0.3) is 0 Å². The van der Waals surface area contributed by atoms with Crippen LogP contribution in [-0.2, 0) is 14.6 Å². The Balaban J connectivity index is 2.12. The van der Waals surface area contributed by atoms with Gasteiger partial charge in [0.25, 0.3) is 0 Å². The molecule has 1 fully saturated rings. The zero-order chi connectivity index (χ0) is 15.6. The van der Waals surface area contributed by atoms with Gasteiger partial charge in [-0.05, 0) is 13.3 Å². The second kappa shape index (κ2) is 5.93. The first-order valence-electron chi connectivity index (χ1n) is 6.07. The molecule has 0 bridgehead atoms. The molecule has 2 rings (SSSR count). The van der Waals surface area contributed by atoms with E-state index in [0.29, 0.717) is 5.01 Å². The molecular weight excluding hydrogens is 320 g/mol. The number of sulfone groups is 1. The summed E-state index contributed by atoms with van der Waals surface area (Å²) in [6.45, 7) is 1.15. The highest BCUT2D eigenvalue weighted by Gasteiger charge is 2.35. The molecule has 11 heteroatoms. The van der Waals surface area contributed by atoms with Gasteiger partial charge in [0.05, 0.1) is 11.5 Å². The number of carboxylic acid groups (broad SMARTS) is 1. The molecule has 0 radical (unpaired) electrons. The molecule has 2 N–H and O–H groups in total. The van der Waals surface area contributed by atoms with Crippen LogP contribution in [0.15, 0.2) is 0 Å². The highest BCUT2D eigenvalue weighted by atomic mass is 32.2. The second-order valence-corrected chi connectivity index (χ2v) is 8.05. The maximum Gasteiger partial charge on any atom is 0.324 e. The molecule has 0 aliphatic carbocycles. The molecule has 116 valence electrons. The lowest BCUT2D eigenvalue weighted by Crippen LogP contribution is -2.46. The van der Waals surface area contributed by atoms with E-state index in [1.165, 1.54) is 0 Å². The van der Waals surface area contributed by atoms with Crippen LogP contribution in [0.3, 0.4) is 0 Å². The molecule has 1 atom stereocenters. The lowest BCUT2D eigenvalue weighted by atomic mass is 10.2. The first kappa shape index (κ1) is 15.6. The van der Waals surface area contributed by atoms with E-state index in [-0.39, 0.29) is 23.1 Å². The Hall–Kier alpha value is -1.75. The lowest BCUT2D eigenvalue weighted by Gasteiger charge is -2.26. The minimum Gasteiger partial charge on any atom is -0.480 e. The number of carboxylic acids is 1. The first-order chi connectivity index (χ1) is 9.77. The minimum atomic E-state index is -3.22. The van der Waals surface area contributed by atoms with Gasteiger partial charge in [0.1, 0.15) is 11.6 Å². The van der Waals surface area contributed by atoms with Crippen molar-refractivity contribution in [1.29, 1.82) is 0 Å². The van der Waals surface area contributed by atoms with Crippen molar-refractivity contribution in [2.24, 2.45) is 0 Å². The van der Waals surface area contributed by atoms with Crippen molar-refractivity contribution in [2.75, 3.05) is 23.4 Å². The average Bonchev–Trinajstić information content (AvgIpc) is 2.92. The number of urea groups is 1. The first-order valence-corrected chi connectivity index (χ1v) is 8.70. The second-order valence-electron chi connectivity index (χ2n) is 4.63. The Morgan fingerprint density at radius 2 is 2.19 bits per heavy atom. The van der Waals surface area contributed by atoms with E-state index < -0.39 is 34.4 Å². The summed E-state index contributed by atoms with van der Waals surface area (Å²) in [7, 11) is -3.22. The van der Waals surface area contributed by atoms with Gasteiger partial charge in [-0.2, -0.15) is 0 Å². The topological polar surface area (TPSA) is 130 Å². The largest absolute Gasteiger partial charge is 0.480 e. The fourth-order valence-corrected chi connectivity index (χ4v) is 4.36. The van der Waals surface area contributed by atoms with Gasteiger partial charge in [-0.3, -0.25) is 10.1 Å². The van der Waals surface area contributed by atoms with Gasteiger partial charge in [-0.15, -0.1) is 10.2 Å². The maximum atomic E-state index is 12.2. The number of hydrogen-bond acceptors (Lipinski definition) is 7. The molecule has 1 aliphatic rings. The Morgan fingerprint density at radius 1 is 1.48 bits per heavy atom. The van der Waals surface area contributed by atoms with E-state index in [4.69, 9.17) is 5.11 Å². The number of nitrogens with one attached hydrogen (secondary N) is 1. The van der Waals surface area contributed by atoms with Crippen LogP contribution in [0.1, 0.15) is 11.4 Å². The fourth-order valence-electron chi connectivity index (χ4n) is 2.04. The van der Waals surface area contributed by atoms with Crippen LogP contribution in [0.4, 0.5) is 9.93 Å². The SMILES string of the molecule is Cc1nnc(NC(=O)N(CC(=O)O)C2CCS(=O)(=O)C2)s1. The molecule has 0 saturated carbocycles. The molecule has 1 saturated heterocycles. The van der Waals surface area contributed by atoms with Crippen molar-refractivity contribution in [1.82, 2.24) is 15.1 Å². The van der Waals surface area contributed by atoms with Crippen molar-refractivity contribution in [3.63, 3.8) is 0 Å². The highest BCUT2D eigenvalue weighted by Crippen LogP contribution is 2.20. The van der Waals surface area contributed by atoms with Crippen molar-refractivity contribution in [2.45, 2.75) is 19.4 Å². The third-order valence-electron chi connectivity index (χ3n) is 2.96. The van der Waals surface area contributed by atoms with Crippen LogP contribution in [0.5, 0.6) is 0 Å². The van der Waals surface area contributed by atoms with E-state index in [1.54, 1.807) is 6.92 Å². The zero-order valence-corrected chi connectivity index (χ0v) is 12.8. The summed E-state index contributed by atoms with van der Waals surface area (Å²) in [5.74, 6) is -1.47. The number of aromatic nitrogens is 2. The van der Waals surface area contributed by atoms with E-state index in [0.717, 1.165) is 16.2 Å². The number of amides is 2. The van der Waals surface area contributed by atoms with Crippen molar-refractivity contribution >= 4 is 38.3 Å². The summed E-state index contributed by atoms with van der Waals surface area (Å²) in [6, 6.07) is -1.32. The molecular formula is C10H14N4O5S2. The molecule has 0 spiro atoms. The van der Waals surface area contributed by atoms with Gasteiger partial charge < -0.3 is 10.0 Å². The third kappa shape index (κ3) is 4.11. The number of hydrogen-bond donors (Lipinski definition) is 2. The molecule has 1 unspecified atom stereocenters. The fraction of sp³-hybridized carbons (Fsp3) is 0.600. The van der Waals surface area contributed by atoms with Crippen molar-refractivity contribution in [3.05, 3.63) is 5.01 Å². The number of carbonyl (C=O) groups excluding carboxylic acids is 1. The standard InChI is InChI=1S/C10H14N4O5S2/c1-6-12-13-9(20-6)11-10(17)14(4-8(15)16)7-2-3-21(18,19)5-7/h7H,2-5H2,1H3,(H,15,16)(H,11,13,17). The Labute approximate surface area is 124 Å². The molecule has 1 aromatic heterocycles. The average molecular weight is 334 g/mol. The minimum absolute atomic E-state index is 0.0427. The number of anilines is 1. The van der Waals surface area contributed by atoms with Crippen molar-refractivity contribution < 1.29 is 23.1 Å². The van der Waals surface area contributed by atoms with Gasteiger partial charge in [0, 0.05) is 6.04 Å². The summed E-state index contributed by atoms with van der Waals surface area (Å²) in [4.78, 5) is 24.1. The molecule has 2 heterocycles. The smallest absolute Gasteiger partial charge is 0.324 e. The molecule has 1 aliphatic heterocycles. The van der Waals surface area contributed by atoms with Gasteiger partial charge >= 0.3 is 12.0 Å². The number of nitrogens with zero attached hydrogens (tertiary/aromatic N) is 3. The van der Waals surface area contributed by atoms with E-state index in [1.807, 2.05) is 0 Å². The van der Waals surface area contributed by atoms with E-state index in [9.17, 15) is 18.0 Å². The number of rotatable bonds is 4. The maximum absolute atomic E-state index is 12.2. The Bertz CT molecular complexity index is 656. The monoisotopic (exact) mass is 334 g/mol. The van der Waals surface area contributed by atoms with Crippen LogP contribution in [0.2, 0.25) is 0 Å². The molecule has 1 aromatic rings. The number of aliphatic carboxylic acids is 1. The summed E-state index contributed by atoms with van der Waals surface area (Å²) < 4.78 is 23.0. The lowest BCUT2D eigenvalue weighted by molar-refractivity contribution is -0.138. The predicted octanol–water partition coefficient (Wildman–Crippen LogP) is -0.0479. The predicted molar refractivity (Wildman–Crippen MR) is 75.1 cm³/mol. The highest BCUT2D eigenvalue weighted by molar-refractivity contribution is 7.91.